The molecule has 4 nitrogen and oxygen atoms in total. The van der Waals surface area contributed by atoms with Crippen molar-refractivity contribution in [1.29, 1.82) is 0 Å². The zero-order valence-corrected chi connectivity index (χ0v) is 13.1. The van der Waals surface area contributed by atoms with Crippen LogP contribution in [0.3, 0.4) is 0 Å². The minimum absolute atomic E-state index is 0.318. The molecule has 2 unspecified atom stereocenters. The highest BCUT2D eigenvalue weighted by Gasteiger charge is 2.09. The highest BCUT2D eigenvalue weighted by molar-refractivity contribution is 5.31. The minimum Gasteiger partial charge on any atom is -0.491 e. The molecular formula is C16H28N2O2. The lowest BCUT2D eigenvalue weighted by atomic mass is 10.2. The van der Waals surface area contributed by atoms with Crippen molar-refractivity contribution in [3.05, 3.63) is 29.8 Å². The van der Waals surface area contributed by atoms with Gasteiger partial charge in [0.1, 0.15) is 18.5 Å². The van der Waals surface area contributed by atoms with Gasteiger partial charge in [-0.25, -0.2) is 0 Å². The second-order valence-corrected chi connectivity index (χ2v) is 5.63. The van der Waals surface area contributed by atoms with E-state index in [4.69, 9.17) is 4.74 Å². The fourth-order valence-corrected chi connectivity index (χ4v) is 1.85. The number of nitrogens with zero attached hydrogens (tertiary/aromatic N) is 1. The van der Waals surface area contributed by atoms with Crippen molar-refractivity contribution in [3.8, 4) is 5.75 Å². The first kappa shape index (κ1) is 17.0. The van der Waals surface area contributed by atoms with E-state index >= 15 is 0 Å². The summed E-state index contributed by atoms with van der Waals surface area (Å²) in [4.78, 5) is 2.16. The van der Waals surface area contributed by atoms with Crippen LogP contribution in [0.2, 0.25) is 0 Å². The van der Waals surface area contributed by atoms with Crippen molar-refractivity contribution < 1.29 is 9.84 Å². The van der Waals surface area contributed by atoms with Crippen LogP contribution < -0.4 is 10.1 Å². The topological polar surface area (TPSA) is 44.7 Å². The molecule has 20 heavy (non-hydrogen) atoms. The Kier molecular flexibility index (Phi) is 7.59. The lowest BCUT2D eigenvalue weighted by Crippen LogP contribution is -2.37. The second kappa shape index (κ2) is 8.95. The predicted octanol–water partition coefficient (Wildman–Crippen LogP) is 1.66. The third kappa shape index (κ3) is 6.89. The third-order valence-electron chi connectivity index (χ3n) is 3.24. The minimum atomic E-state index is -0.489. The molecule has 0 spiro atoms. The lowest BCUT2D eigenvalue weighted by molar-refractivity contribution is 0.103. The quantitative estimate of drug-likeness (QED) is 0.722. The Morgan fingerprint density at radius 3 is 2.65 bits per heavy atom. The molecule has 0 amide bonds. The number of hydrogen-bond acceptors (Lipinski definition) is 4. The summed E-state index contributed by atoms with van der Waals surface area (Å²) in [7, 11) is 4.13. The van der Waals surface area contributed by atoms with Gasteiger partial charge < -0.3 is 20.1 Å². The van der Waals surface area contributed by atoms with Crippen molar-refractivity contribution >= 4 is 0 Å². The summed E-state index contributed by atoms with van der Waals surface area (Å²) in [5, 5.41) is 13.3. The van der Waals surface area contributed by atoms with Crippen LogP contribution >= 0.6 is 0 Å². The van der Waals surface area contributed by atoms with E-state index in [0.717, 1.165) is 24.3 Å². The molecule has 2 N–H and O–H groups in total. The van der Waals surface area contributed by atoms with Crippen LogP contribution in [0.4, 0.5) is 0 Å². The molecule has 114 valence electrons. The van der Waals surface area contributed by atoms with Crippen LogP contribution in [0.25, 0.3) is 0 Å². The van der Waals surface area contributed by atoms with Crippen LogP contribution in [0, 0.1) is 6.92 Å². The van der Waals surface area contributed by atoms with Crippen molar-refractivity contribution in [2.24, 2.45) is 0 Å². The number of benzene rings is 1. The molecule has 1 aromatic carbocycles. The smallest absolute Gasteiger partial charge is 0.122 e. The summed E-state index contributed by atoms with van der Waals surface area (Å²) in [5.74, 6) is 0.840. The Balaban J connectivity index is 2.20. The largest absolute Gasteiger partial charge is 0.491 e. The first-order chi connectivity index (χ1) is 9.49. The molecule has 0 aliphatic heterocycles. The van der Waals surface area contributed by atoms with Gasteiger partial charge in [-0.05, 0) is 52.5 Å². The summed E-state index contributed by atoms with van der Waals surface area (Å²) in [5.41, 5.74) is 1.09. The number of nitrogens with one attached hydrogen (secondary N) is 1. The van der Waals surface area contributed by atoms with E-state index in [0.29, 0.717) is 19.2 Å². The van der Waals surface area contributed by atoms with Crippen molar-refractivity contribution in [3.63, 3.8) is 0 Å². The zero-order chi connectivity index (χ0) is 15.0. The van der Waals surface area contributed by atoms with E-state index in [1.807, 2.05) is 31.2 Å². The maximum absolute atomic E-state index is 9.93. The first-order valence-corrected chi connectivity index (χ1v) is 7.23. The average Bonchev–Trinajstić information content (AvgIpc) is 2.42. The molecule has 0 saturated heterocycles. The number of hydrogen-bond donors (Lipinski definition) is 2. The number of aliphatic hydroxyl groups excluding tert-OH is 1. The molecule has 0 aromatic heterocycles. The third-order valence-corrected chi connectivity index (χ3v) is 3.24. The number of rotatable bonds is 9. The predicted molar refractivity (Wildman–Crippen MR) is 83.3 cm³/mol. The molecular weight excluding hydrogens is 252 g/mol. The Bertz CT molecular complexity index is 382. The van der Waals surface area contributed by atoms with E-state index < -0.39 is 6.10 Å². The van der Waals surface area contributed by atoms with Gasteiger partial charge in [0, 0.05) is 12.6 Å². The first-order valence-electron chi connectivity index (χ1n) is 7.23. The summed E-state index contributed by atoms with van der Waals surface area (Å²) < 4.78 is 5.63. The summed E-state index contributed by atoms with van der Waals surface area (Å²) in [6.45, 7) is 6.06. The van der Waals surface area contributed by atoms with E-state index in [1.54, 1.807) is 0 Å². The van der Waals surface area contributed by atoms with Gasteiger partial charge in [-0.2, -0.15) is 0 Å². The summed E-state index contributed by atoms with van der Waals surface area (Å²) >= 11 is 0. The van der Waals surface area contributed by atoms with Crippen LogP contribution in [0.15, 0.2) is 24.3 Å². The standard InChI is InChI=1S/C16H28N2O2/c1-13-7-5-6-8-16(13)20-12-15(19)11-17-14(2)9-10-18(3)4/h5-8,14-15,17,19H,9-12H2,1-4H3. The summed E-state index contributed by atoms with van der Waals surface area (Å²) in [6, 6.07) is 8.24. The van der Waals surface area contributed by atoms with Gasteiger partial charge in [0.05, 0.1) is 0 Å². The highest BCUT2D eigenvalue weighted by atomic mass is 16.5. The molecule has 4 heteroatoms. The molecule has 0 fully saturated rings. The second-order valence-electron chi connectivity index (χ2n) is 5.63. The molecule has 0 heterocycles. The molecule has 0 aliphatic carbocycles. The number of aryl methyl sites for hydroxylation is 1. The van der Waals surface area contributed by atoms with Gasteiger partial charge in [-0.3, -0.25) is 0 Å². The zero-order valence-electron chi connectivity index (χ0n) is 13.1. The van der Waals surface area contributed by atoms with Gasteiger partial charge in [0.15, 0.2) is 0 Å². The van der Waals surface area contributed by atoms with Crippen LogP contribution in [-0.4, -0.2) is 55.9 Å². The normalized spacial score (nSPS) is 14.3. The molecule has 1 aromatic rings. The van der Waals surface area contributed by atoms with E-state index in [9.17, 15) is 5.11 Å². The Morgan fingerprint density at radius 2 is 2.00 bits per heavy atom. The van der Waals surface area contributed by atoms with E-state index in [-0.39, 0.29) is 0 Å². The van der Waals surface area contributed by atoms with Crippen molar-refractivity contribution in [1.82, 2.24) is 10.2 Å². The van der Waals surface area contributed by atoms with Crippen molar-refractivity contribution in [2.75, 3.05) is 33.8 Å². The van der Waals surface area contributed by atoms with Crippen LogP contribution in [0.1, 0.15) is 18.9 Å². The van der Waals surface area contributed by atoms with Gasteiger partial charge in [0.25, 0.3) is 0 Å². The molecule has 1 rings (SSSR count). The average molecular weight is 280 g/mol. The molecule has 2 atom stereocenters. The SMILES string of the molecule is Cc1ccccc1OCC(O)CNC(C)CCN(C)C. The Labute approximate surface area is 122 Å². The molecule has 0 aliphatic rings. The Morgan fingerprint density at radius 1 is 1.30 bits per heavy atom. The van der Waals surface area contributed by atoms with Crippen molar-refractivity contribution in [2.45, 2.75) is 32.4 Å². The number of para-hydroxylation sites is 1. The van der Waals surface area contributed by atoms with Gasteiger partial charge >= 0.3 is 0 Å². The van der Waals surface area contributed by atoms with Gasteiger partial charge in [-0.1, -0.05) is 18.2 Å². The van der Waals surface area contributed by atoms with Gasteiger partial charge in [0.2, 0.25) is 0 Å². The maximum atomic E-state index is 9.93. The fraction of sp³-hybridized carbons (Fsp3) is 0.625. The van der Waals surface area contributed by atoms with E-state index in [2.05, 4.69) is 31.2 Å². The molecule has 0 bridgehead atoms. The monoisotopic (exact) mass is 280 g/mol. The van der Waals surface area contributed by atoms with E-state index in [1.165, 1.54) is 0 Å². The molecule has 0 saturated carbocycles. The maximum Gasteiger partial charge on any atom is 0.122 e. The fourth-order valence-electron chi connectivity index (χ4n) is 1.85. The van der Waals surface area contributed by atoms with Crippen LogP contribution in [-0.2, 0) is 0 Å². The molecule has 0 radical (unpaired) electrons. The highest BCUT2D eigenvalue weighted by Crippen LogP contribution is 2.16. The number of aliphatic hydroxyl groups is 1. The lowest BCUT2D eigenvalue weighted by Gasteiger charge is -2.19. The Hall–Kier alpha value is -1.10. The van der Waals surface area contributed by atoms with Gasteiger partial charge in [-0.15, -0.1) is 0 Å². The number of ether oxygens (including phenoxy) is 1. The summed E-state index contributed by atoms with van der Waals surface area (Å²) in [6.07, 6.45) is 0.578. The van der Waals surface area contributed by atoms with Crippen LogP contribution in [0.5, 0.6) is 5.75 Å².